The van der Waals surface area contributed by atoms with E-state index < -0.39 is 29.5 Å². The molecule has 2 aliphatic heterocycles. The zero-order chi connectivity index (χ0) is 26.2. The SMILES string of the molecule is CC1(C)C[C@H](c2ccc([C@@H](N3CCC4(CCOCC4)C3=O)C(F)(F)F)cc2)c2cnc3cc(F)nn3c21. The molecule has 0 N–H and O–H groups in total. The quantitative estimate of drug-likeness (QED) is 0.443. The molecule has 4 heterocycles. The molecule has 2 aromatic heterocycles. The highest BCUT2D eigenvalue weighted by Gasteiger charge is 2.55. The van der Waals surface area contributed by atoms with E-state index in [0.717, 1.165) is 21.7 Å². The first-order valence-corrected chi connectivity index (χ1v) is 12.6. The summed E-state index contributed by atoms with van der Waals surface area (Å²) in [5, 5.41) is 3.98. The number of hydrogen-bond donors (Lipinski definition) is 0. The highest BCUT2D eigenvalue weighted by atomic mass is 19.4. The van der Waals surface area contributed by atoms with Crippen LogP contribution in [-0.2, 0) is 14.9 Å². The fraction of sp³-hybridized carbons (Fsp3) is 0.519. The number of benzene rings is 1. The normalized spacial score (nSPS) is 23.7. The van der Waals surface area contributed by atoms with Crippen molar-refractivity contribution in [1.29, 1.82) is 0 Å². The van der Waals surface area contributed by atoms with E-state index in [4.69, 9.17) is 4.74 Å². The van der Waals surface area contributed by atoms with Crippen molar-refractivity contribution < 1.29 is 27.1 Å². The van der Waals surface area contributed by atoms with Gasteiger partial charge in [0.1, 0.15) is 0 Å². The molecule has 196 valence electrons. The largest absolute Gasteiger partial charge is 0.413 e. The molecular formula is C27H28F4N4O2. The van der Waals surface area contributed by atoms with Crippen LogP contribution in [0.15, 0.2) is 36.5 Å². The first-order valence-electron chi connectivity index (χ1n) is 12.6. The summed E-state index contributed by atoms with van der Waals surface area (Å²) in [6.07, 6.45) is -0.858. The average Bonchev–Trinajstić information content (AvgIpc) is 3.46. The minimum atomic E-state index is -4.60. The molecule has 0 radical (unpaired) electrons. The zero-order valence-electron chi connectivity index (χ0n) is 20.7. The Morgan fingerprint density at radius 2 is 1.81 bits per heavy atom. The number of alkyl halides is 3. The number of hydrogen-bond acceptors (Lipinski definition) is 4. The van der Waals surface area contributed by atoms with E-state index in [-0.39, 0.29) is 23.4 Å². The number of nitrogens with zero attached hydrogens (tertiary/aromatic N) is 4. The van der Waals surface area contributed by atoms with E-state index >= 15 is 0 Å². The maximum Gasteiger partial charge on any atom is 0.413 e. The fourth-order valence-corrected chi connectivity index (χ4v) is 6.64. The summed E-state index contributed by atoms with van der Waals surface area (Å²) < 4.78 is 63.9. The maximum absolute atomic E-state index is 14.4. The highest BCUT2D eigenvalue weighted by molar-refractivity contribution is 5.85. The van der Waals surface area contributed by atoms with Crippen molar-refractivity contribution >= 4 is 11.6 Å². The minimum Gasteiger partial charge on any atom is -0.381 e. The fourth-order valence-electron chi connectivity index (χ4n) is 6.64. The Bertz CT molecular complexity index is 1360. The van der Waals surface area contributed by atoms with Crippen LogP contribution >= 0.6 is 0 Å². The van der Waals surface area contributed by atoms with Gasteiger partial charge in [0.05, 0.1) is 11.1 Å². The first kappa shape index (κ1) is 24.3. The van der Waals surface area contributed by atoms with Crippen molar-refractivity contribution in [3.8, 4) is 0 Å². The standard InChI is InChI=1S/C27H28F4N4O2/c1-25(2)14-18(19-15-32-21-13-20(28)33-35(21)23(19)25)16-3-5-17(6-4-16)22(27(29,30)31)34-10-7-26(24(34)36)8-11-37-12-9-26/h3-6,13,15,18,22H,7-12,14H2,1-2H3/t18-,22-/m1/s1. The van der Waals surface area contributed by atoms with Gasteiger partial charge in [-0.05, 0) is 36.8 Å². The van der Waals surface area contributed by atoms with Gasteiger partial charge in [-0.15, -0.1) is 5.10 Å². The number of ether oxygens (including phenoxy) is 1. The van der Waals surface area contributed by atoms with Crippen LogP contribution in [0.4, 0.5) is 17.6 Å². The molecule has 0 saturated carbocycles. The lowest BCUT2D eigenvalue weighted by Gasteiger charge is -2.35. The molecule has 3 aliphatic rings. The lowest BCUT2D eigenvalue weighted by molar-refractivity contribution is -0.191. The first-order chi connectivity index (χ1) is 17.5. The second-order valence-electron chi connectivity index (χ2n) is 11.2. The van der Waals surface area contributed by atoms with Gasteiger partial charge in [0.25, 0.3) is 0 Å². The molecule has 2 fully saturated rings. The number of halogens is 4. The third kappa shape index (κ3) is 3.83. The summed E-state index contributed by atoms with van der Waals surface area (Å²) in [5.74, 6) is -1.15. The van der Waals surface area contributed by atoms with Gasteiger partial charge in [-0.3, -0.25) is 4.79 Å². The van der Waals surface area contributed by atoms with Crippen molar-refractivity contribution in [1.82, 2.24) is 19.5 Å². The summed E-state index contributed by atoms with van der Waals surface area (Å²) in [6.45, 7) is 4.97. The minimum absolute atomic E-state index is 0.0499. The number of aromatic nitrogens is 3. The predicted octanol–water partition coefficient (Wildman–Crippen LogP) is 5.31. The van der Waals surface area contributed by atoms with Crippen molar-refractivity contribution in [3.63, 3.8) is 0 Å². The summed E-state index contributed by atoms with van der Waals surface area (Å²) in [6, 6.07) is 5.68. The number of carbonyl (C=O) groups is 1. The second kappa shape index (κ2) is 8.24. The Morgan fingerprint density at radius 3 is 2.49 bits per heavy atom. The predicted molar refractivity (Wildman–Crippen MR) is 126 cm³/mol. The maximum atomic E-state index is 14.4. The Morgan fingerprint density at radius 1 is 1.11 bits per heavy atom. The van der Waals surface area contributed by atoms with Gasteiger partial charge in [-0.2, -0.15) is 17.6 Å². The van der Waals surface area contributed by atoms with Crippen LogP contribution in [-0.4, -0.2) is 51.3 Å². The van der Waals surface area contributed by atoms with E-state index in [0.29, 0.717) is 44.5 Å². The molecule has 37 heavy (non-hydrogen) atoms. The molecule has 1 amide bonds. The van der Waals surface area contributed by atoms with Gasteiger partial charge in [0.2, 0.25) is 11.9 Å². The van der Waals surface area contributed by atoms with Gasteiger partial charge < -0.3 is 9.64 Å². The van der Waals surface area contributed by atoms with Crippen LogP contribution in [0.2, 0.25) is 0 Å². The van der Waals surface area contributed by atoms with Crippen LogP contribution in [0.5, 0.6) is 0 Å². The van der Waals surface area contributed by atoms with Crippen LogP contribution in [0.25, 0.3) is 5.65 Å². The van der Waals surface area contributed by atoms with Gasteiger partial charge in [-0.25, -0.2) is 9.50 Å². The lowest BCUT2D eigenvalue weighted by atomic mass is 9.79. The molecule has 1 aliphatic carbocycles. The summed E-state index contributed by atoms with van der Waals surface area (Å²) in [4.78, 5) is 18.6. The van der Waals surface area contributed by atoms with Crippen molar-refractivity contribution in [2.45, 2.75) is 63.1 Å². The molecule has 2 atom stereocenters. The Kier molecular flexibility index (Phi) is 5.42. The molecule has 6 nitrogen and oxygen atoms in total. The van der Waals surface area contributed by atoms with Crippen LogP contribution in [0, 0.1) is 11.4 Å². The van der Waals surface area contributed by atoms with Gasteiger partial charge >= 0.3 is 6.18 Å². The topological polar surface area (TPSA) is 59.7 Å². The molecule has 0 unspecified atom stereocenters. The van der Waals surface area contributed by atoms with Gasteiger partial charge in [-0.1, -0.05) is 38.1 Å². The van der Waals surface area contributed by atoms with Crippen LogP contribution in [0.3, 0.4) is 0 Å². The van der Waals surface area contributed by atoms with Crippen molar-refractivity contribution in [2.24, 2.45) is 5.41 Å². The highest BCUT2D eigenvalue weighted by Crippen LogP contribution is 2.50. The summed E-state index contributed by atoms with van der Waals surface area (Å²) in [5.41, 5.74) is 1.97. The number of carbonyl (C=O) groups excluding carboxylic acids is 1. The van der Waals surface area contributed by atoms with Crippen molar-refractivity contribution in [3.05, 3.63) is 64.9 Å². The summed E-state index contributed by atoms with van der Waals surface area (Å²) >= 11 is 0. The average molecular weight is 517 g/mol. The number of rotatable bonds is 3. The zero-order valence-corrected chi connectivity index (χ0v) is 20.7. The Labute approximate surface area is 211 Å². The number of fused-ring (bicyclic) bond motifs is 3. The smallest absolute Gasteiger partial charge is 0.381 e. The molecule has 6 rings (SSSR count). The monoisotopic (exact) mass is 516 g/mol. The summed E-state index contributed by atoms with van der Waals surface area (Å²) in [7, 11) is 0. The molecule has 0 bridgehead atoms. The third-order valence-corrected chi connectivity index (χ3v) is 8.48. The van der Waals surface area contributed by atoms with Gasteiger partial charge in [0, 0.05) is 48.9 Å². The molecule has 10 heteroatoms. The number of likely N-dealkylation sites (tertiary alicyclic amines) is 1. The Balaban J connectivity index is 1.33. The Hall–Kier alpha value is -3.01. The van der Waals surface area contributed by atoms with E-state index in [9.17, 15) is 22.4 Å². The van der Waals surface area contributed by atoms with E-state index in [1.165, 1.54) is 22.7 Å². The van der Waals surface area contributed by atoms with E-state index in [2.05, 4.69) is 10.1 Å². The molecule has 3 aromatic rings. The van der Waals surface area contributed by atoms with Crippen molar-refractivity contribution in [2.75, 3.05) is 19.8 Å². The van der Waals surface area contributed by atoms with E-state index in [1.807, 2.05) is 13.8 Å². The molecule has 2 saturated heterocycles. The molecule has 1 aromatic carbocycles. The molecule has 1 spiro atoms. The van der Waals surface area contributed by atoms with Gasteiger partial charge in [0.15, 0.2) is 11.7 Å². The molecular weight excluding hydrogens is 488 g/mol. The third-order valence-electron chi connectivity index (χ3n) is 8.48. The number of amides is 1. The second-order valence-corrected chi connectivity index (χ2v) is 11.2. The lowest BCUT2D eigenvalue weighted by Crippen LogP contribution is -2.44. The van der Waals surface area contributed by atoms with E-state index in [1.54, 1.807) is 18.3 Å². The van der Waals surface area contributed by atoms with Crippen LogP contribution < -0.4 is 0 Å². The van der Waals surface area contributed by atoms with Crippen LogP contribution in [0.1, 0.15) is 73.9 Å².